The summed E-state index contributed by atoms with van der Waals surface area (Å²) in [5, 5.41) is 22.6. The van der Waals surface area contributed by atoms with Gasteiger partial charge in [0.1, 0.15) is 12.9 Å². The summed E-state index contributed by atoms with van der Waals surface area (Å²) < 4.78 is 12.7. The highest BCUT2D eigenvalue weighted by Crippen LogP contribution is 2.44. The van der Waals surface area contributed by atoms with E-state index >= 15 is 0 Å². The van der Waals surface area contributed by atoms with E-state index in [9.17, 15) is 14.7 Å². The molecule has 4 atom stereocenters. The van der Waals surface area contributed by atoms with Crippen LogP contribution in [0.15, 0.2) is 17.6 Å². The molecule has 4 aliphatic rings. The number of rotatable bonds is 6. The van der Waals surface area contributed by atoms with E-state index in [1.165, 1.54) is 0 Å². The maximum atomic E-state index is 13.3. The van der Waals surface area contributed by atoms with Crippen LogP contribution >= 0.6 is 0 Å². The van der Waals surface area contributed by atoms with E-state index in [1.807, 2.05) is 0 Å². The van der Waals surface area contributed by atoms with Gasteiger partial charge in [-0.3, -0.25) is 4.79 Å². The first-order valence-corrected chi connectivity index (χ1v) is 12.3. The Kier molecular flexibility index (Phi) is 6.43. The highest BCUT2D eigenvalue weighted by molar-refractivity contribution is 5.94. The Bertz CT molecular complexity index is 942. The average Bonchev–Trinajstić information content (AvgIpc) is 3.57. The predicted octanol–water partition coefficient (Wildman–Crippen LogP) is 0.536. The number of aromatic nitrogens is 4. The van der Waals surface area contributed by atoms with Gasteiger partial charge in [0, 0.05) is 26.1 Å². The fraction of sp³-hybridized carbons (Fsp3) is 0.783. The van der Waals surface area contributed by atoms with Crippen LogP contribution in [0.3, 0.4) is 0 Å². The molecule has 0 bridgehead atoms. The van der Waals surface area contributed by atoms with Gasteiger partial charge in [0.15, 0.2) is 0 Å². The Labute approximate surface area is 199 Å². The van der Waals surface area contributed by atoms with Crippen LogP contribution in [0.25, 0.3) is 0 Å². The summed E-state index contributed by atoms with van der Waals surface area (Å²) in [7, 11) is 1.70. The van der Waals surface area contributed by atoms with Crippen LogP contribution in [0.5, 0.6) is 0 Å². The van der Waals surface area contributed by atoms with Crippen LogP contribution < -0.4 is 0 Å². The second-order valence-electron chi connectivity index (χ2n) is 10.2. The summed E-state index contributed by atoms with van der Waals surface area (Å²) in [5.74, 6) is -0.137. The molecule has 1 aromatic rings. The molecule has 1 N–H and O–H groups in total. The van der Waals surface area contributed by atoms with Crippen LogP contribution in [-0.2, 0) is 19.1 Å². The standard InChI is InChI=1S/C23H34N6O5/c1-15-18(13-34-21(15)31)28-10-7-23(22(28)32)5-8-27(9-6-23)12-19(30)17-4-3-16(11-20(17)33-2)29-14-24-25-26-29/h14,16-17,19-20,30H,3-13H2,1-2H3. The summed E-state index contributed by atoms with van der Waals surface area (Å²) in [5.41, 5.74) is 0.917. The van der Waals surface area contributed by atoms with Crippen LogP contribution in [-0.4, -0.2) is 99.1 Å². The first-order valence-electron chi connectivity index (χ1n) is 12.3. The number of piperidine rings is 1. The maximum absolute atomic E-state index is 13.3. The van der Waals surface area contributed by atoms with Gasteiger partial charge in [0.05, 0.1) is 34.9 Å². The molecule has 0 aromatic carbocycles. The molecule has 1 spiro atoms. The van der Waals surface area contributed by atoms with E-state index in [4.69, 9.17) is 9.47 Å². The number of esters is 1. The fourth-order valence-corrected chi connectivity index (χ4v) is 6.27. The molecule has 0 radical (unpaired) electrons. The van der Waals surface area contributed by atoms with Gasteiger partial charge in [-0.05, 0) is 69.0 Å². The number of ether oxygens (including phenoxy) is 2. The number of likely N-dealkylation sites (tertiary alicyclic amines) is 2. The Morgan fingerprint density at radius 3 is 2.65 bits per heavy atom. The topological polar surface area (TPSA) is 123 Å². The number of hydrogen-bond acceptors (Lipinski definition) is 9. The van der Waals surface area contributed by atoms with E-state index in [0.29, 0.717) is 18.7 Å². The highest BCUT2D eigenvalue weighted by atomic mass is 16.5. The van der Waals surface area contributed by atoms with Gasteiger partial charge in [-0.2, -0.15) is 0 Å². The molecule has 11 heteroatoms. The largest absolute Gasteiger partial charge is 0.456 e. The van der Waals surface area contributed by atoms with Gasteiger partial charge in [0.2, 0.25) is 5.91 Å². The van der Waals surface area contributed by atoms with Gasteiger partial charge in [-0.15, -0.1) is 5.10 Å². The van der Waals surface area contributed by atoms with Crippen molar-refractivity contribution in [1.29, 1.82) is 0 Å². The third-order valence-corrected chi connectivity index (χ3v) is 8.53. The Morgan fingerprint density at radius 1 is 1.24 bits per heavy atom. The van der Waals surface area contributed by atoms with Crippen molar-refractivity contribution in [2.24, 2.45) is 11.3 Å². The molecule has 2 saturated heterocycles. The quantitative estimate of drug-likeness (QED) is 0.588. The summed E-state index contributed by atoms with van der Waals surface area (Å²) in [6, 6.07) is 0.189. The number of aliphatic hydroxyl groups is 1. The normalized spacial score (nSPS) is 30.9. The summed E-state index contributed by atoms with van der Waals surface area (Å²) in [6.45, 7) is 4.71. The number of β-amino-alcohol motifs (C(OH)–C–C–N with tert-alkyl or cyclic N) is 1. The molecule has 11 nitrogen and oxygen atoms in total. The van der Waals surface area contributed by atoms with E-state index in [-0.39, 0.29) is 42.0 Å². The molecule has 1 saturated carbocycles. The lowest BCUT2D eigenvalue weighted by molar-refractivity contribution is -0.139. The number of nitrogens with zero attached hydrogens (tertiary/aromatic N) is 6. The van der Waals surface area contributed by atoms with Crippen molar-refractivity contribution >= 4 is 11.9 Å². The smallest absolute Gasteiger partial charge is 0.336 e. The molecule has 1 aromatic heterocycles. The molecule has 5 rings (SSSR count). The number of carbonyl (C=O) groups is 2. The lowest BCUT2D eigenvalue weighted by atomic mass is 9.76. The van der Waals surface area contributed by atoms with Crippen LogP contribution in [0, 0.1) is 11.3 Å². The Morgan fingerprint density at radius 2 is 2.00 bits per heavy atom. The van der Waals surface area contributed by atoms with E-state index in [2.05, 4.69) is 20.4 Å². The van der Waals surface area contributed by atoms with Gasteiger partial charge < -0.3 is 24.4 Å². The minimum Gasteiger partial charge on any atom is -0.456 e. The number of aliphatic hydroxyl groups excluding tert-OH is 1. The minimum atomic E-state index is -0.487. The second kappa shape index (κ2) is 9.35. The van der Waals surface area contributed by atoms with Crippen molar-refractivity contribution in [3.05, 3.63) is 17.6 Å². The number of methoxy groups -OCH3 is 1. The first-order chi connectivity index (χ1) is 16.4. The van der Waals surface area contributed by atoms with Crippen molar-refractivity contribution < 1.29 is 24.2 Å². The molecule has 1 amide bonds. The number of tetrazole rings is 1. The molecule has 4 heterocycles. The van der Waals surface area contributed by atoms with E-state index in [1.54, 1.807) is 29.9 Å². The van der Waals surface area contributed by atoms with Crippen molar-refractivity contribution in [3.8, 4) is 0 Å². The molecule has 3 fully saturated rings. The summed E-state index contributed by atoms with van der Waals surface area (Å²) in [6.07, 6.45) is 5.99. The van der Waals surface area contributed by atoms with Crippen LogP contribution in [0.2, 0.25) is 0 Å². The molecule has 34 heavy (non-hydrogen) atoms. The third kappa shape index (κ3) is 4.14. The van der Waals surface area contributed by atoms with Gasteiger partial charge in [-0.25, -0.2) is 9.48 Å². The van der Waals surface area contributed by atoms with E-state index < -0.39 is 6.10 Å². The predicted molar refractivity (Wildman–Crippen MR) is 119 cm³/mol. The minimum absolute atomic E-state index is 0.0492. The molecular formula is C23H34N6O5. The average molecular weight is 475 g/mol. The Balaban J connectivity index is 1.15. The monoisotopic (exact) mass is 474 g/mol. The molecule has 3 aliphatic heterocycles. The lowest BCUT2D eigenvalue weighted by Crippen LogP contribution is -2.49. The van der Waals surface area contributed by atoms with Crippen molar-refractivity contribution in [2.75, 3.05) is 39.9 Å². The number of amides is 1. The van der Waals surface area contributed by atoms with Gasteiger partial charge in [0.25, 0.3) is 0 Å². The zero-order valence-corrected chi connectivity index (χ0v) is 19.9. The third-order valence-electron chi connectivity index (χ3n) is 8.53. The van der Waals surface area contributed by atoms with Crippen molar-refractivity contribution in [1.82, 2.24) is 30.0 Å². The molecular weight excluding hydrogens is 440 g/mol. The SMILES string of the molecule is COC1CC(n2cnnn2)CCC1C(O)CN1CCC2(CC1)CCN(C1=C(C)C(=O)OC1)C2=O. The zero-order chi connectivity index (χ0) is 23.9. The van der Waals surface area contributed by atoms with Gasteiger partial charge in [-0.1, -0.05) is 0 Å². The number of cyclic esters (lactones) is 1. The lowest BCUT2D eigenvalue weighted by Gasteiger charge is -2.42. The van der Waals surface area contributed by atoms with Crippen molar-refractivity contribution in [3.63, 3.8) is 0 Å². The summed E-state index contributed by atoms with van der Waals surface area (Å²) >= 11 is 0. The van der Waals surface area contributed by atoms with Crippen molar-refractivity contribution in [2.45, 2.75) is 63.7 Å². The first kappa shape index (κ1) is 23.4. The molecule has 4 unspecified atom stereocenters. The summed E-state index contributed by atoms with van der Waals surface area (Å²) in [4.78, 5) is 29.1. The highest BCUT2D eigenvalue weighted by Gasteiger charge is 2.50. The number of carbonyl (C=O) groups excluding carboxylic acids is 2. The maximum Gasteiger partial charge on any atom is 0.336 e. The fourth-order valence-electron chi connectivity index (χ4n) is 6.27. The Hall–Kier alpha value is -2.37. The zero-order valence-electron chi connectivity index (χ0n) is 19.9. The van der Waals surface area contributed by atoms with Crippen LogP contribution in [0.4, 0.5) is 0 Å². The van der Waals surface area contributed by atoms with Gasteiger partial charge >= 0.3 is 5.97 Å². The van der Waals surface area contributed by atoms with Crippen LogP contribution in [0.1, 0.15) is 51.5 Å². The second-order valence-corrected chi connectivity index (χ2v) is 10.2. The number of hydrogen-bond donors (Lipinski definition) is 1. The van der Waals surface area contributed by atoms with E-state index in [0.717, 1.165) is 57.3 Å². The molecule has 1 aliphatic carbocycles. The molecule has 186 valence electrons.